The van der Waals surface area contributed by atoms with Crippen LogP contribution in [0.4, 0.5) is 18.9 Å². The number of rotatable bonds is 6. The molecule has 0 aliphatic heterocycles. The van der Waals surface area contributed by atoms with Crippen molar-refractivity contribution in [2.45, 2.75) is 32.4 Å². The fraction of sp³-hybridized carbons (Fsp3) is 0.364. The second kappa shape index (κ2) is 8.27. The van der Waals surface area contributed by atoms with Crippen LogP contribution in [0.25, 0.3) is 0 Å². The van der Waals surface area contributed by atoms with Gasteiger partial charge in [0.15, 0.2) is 0 Å². The Morgan fingerprint density at radius 2 is 1.72 bits per heavy atom. The lowest BCUT2D eigenvalue weighted by atomic mass is 10.1. The van der Waals surface area contributed by atoms with Crippen LogP contribution in [0, 0.1) is 11.8 Å². The Balaban J connectivity index is 1.64. The van der Waals surface area contributed by atoms with Crippen LogP contribution < -0.4 is 10.6 Å². The first-order valence-corrected chi connectivity index (χ1v) is 9.52. The Hall–Kier alpha value is -2.83. The molecule has 0 bridgehead atoms. The topological polar surface area (TPSA) is 58.2 Å². The van der Waals surface area contributed by atoms with Crippen LogP contribution in [0.1, 0.15) is 47.7 Å². The largest absolute Gasteiger partial charge is 0.416 e. The number of para-hydroxylation sites is 1. The average Bonchev–Trinajstić information content (AvgIpc) is 3.47. The van der Waals surface area contributed by atoms with Gasteiger partial charge in [-0.3, -0.25) is 9.59 Å². The second-order valence-electron chi connectivity index (χ2n) is 7.71. The van der Waals surface area contributed by atoms with Crippen LogP contribution in [0.3, 0.4) is 0 Å². The highest BCUT2D eigenvalue weighted by Crippen LogP contribution is 2.48. The molecule has 0 aromatic heterocycles. The Labute approximate surface area is 167 Å². The third-order valence-electron chi connectivity index (χ3n) is 4.89. The van der Waals surface area contributed by atoms with Gasteiger partial charge in [-0.1, -0.05) is 38.1 Å². The van der Waals surface area contributed by atoms with Crippen LogP contribution in [0.5, 0.6) is 0 Å². The van der Waals surface area contributed by atoms with Crippen molar-refractivity contribution in [1.82, 2.24) is 5.32 Å². The molecule has 1 saturated carbocycles. The lowest BCUT2D eigenvalue weighted by molar-refractivity contribution is -0.137. The predicted octanol–water partition coefficient (Wildman–Crippen LogP) is 4.83. The molecule has 2 atom stereocenters. The molecule has 0 heterocycles. The summed E-state index contributed by atoms with van der Waals surface area (Å²) in [7, 11) is 0. The van der Waals surface area contributed by atoms with Crippen molar-refractivity contribution >= 4 is 17.5 Å². The number of halogens is 3. The number of nitrogens with one attached hydrogen (secondary N) is 2. The summed E-state index contributed by atoms with van der Waals surface area (Å²) >= 11 is 0. The molecule has 0 radical (unpaired) electrons. The second-order valence-corrected chi connectivity index (χ2v) is 7.71. The van der Waals surface area contributed by atoms with Gasteiger partial charge in [0, 0.05) is 12.5 Å². The monoisotopic (exact) mass is 404 g/mol. The van der Waals surface area contributed by atoms with Gasteiger partial charge in [0.05, 0.1) is 16.8 Å². The molecule has 7 heteroatoms. The summed E-state index contributed by atoms with van der Waals surface area (Å²) in [6, 6.07) is 11.7. The van der Waals surface area contributed by atoms with E-state index in [0.29, 0.717) is 35.7 Å². The highest BCUT2D eigenvalue weighted by molar-refractivity contribution is 6.04. The first kappa shape index (κ1) is 20.9. The van der Waals surface area contributed by atoms with E-state index in [9.17, 15) is 22.8 Å². The number of carbonyl (C=O) groups excluding carboxylic acids is 2. The molecule has 29 heavy (non-hydrogen) atoms. The third-order valence-corrected chi connectivity index (χ3v) is 4.89. The maximum absolute atomic E-state index is 12.7. The first-order valence-electron chi connectivity index (χ1n) is 9.52. The Morgan fingerprint density at radius 1 is 1.07 bits per heavy atom. The molecular weight excluding hydrogens is 381 g/mol. The maximum atomic E-state index is 12.7. The highest BCUT2D eigenvalue weighted by atomic mass is 19.4. The fourth-order valence-electron chi connectivity index (χ4n) is 3.18. The minimum atomic E-state index is -4.38. The van der Waals surface area contributed by atoms with Crippen LogP contribution in [-0.4, -0.2) is 18.4 Å². The summed E-state index contributed by atoms with van der Waals surface area (Å²) in [6.07, 6.45) is -3.81. The van der Waals surface area contributed by atoms with Gasteiger partial charge >= 0.3 is 6.18 Å². The van der Waals surface area contributed by atoms with E-state index >= 15 is 0 Å². The number of anilines is 1. The van der Waals surface area contributed by atoms with Crippen molar-refractivity contribution in [3.8, 4) is 0 Å². The zero-order chi connectivity index (χ0) is 21.2. The zero-order valence-corrected chi connectivity index (χ0v) is 16.2. The minimum Gasteiger partial charge on any atom is -0.352 e. The van der Waals surface area contributed by atoms with Gasteiger partial charge in [0.1, 0.15) is 0 Å². The van der Waals surface area contributed by atoms with Crippen molar-refractivity contribution < 1.29 is 22.8 Å². The molecule has 2 unspecified atom stereocenters. The number of amides is 2. The summed E-state index contributed by atoms with van der Waals surface area (Å²) in [6.45, 7) is 4.50. The first-order chi connectivity index (χ1) is 13.7. The smallest absolute Gasteiger partial charge is 0.352 e. The zero-order valence-electron chi connectivity index (χ0n) is 16.2. The number of carbonyl (C=O) groups is 2. The van der Waals surface area contributed by atoms with E-state index in [4.69, 9.17) is 0 Å². The van der Waals surface area contributed by atoms with Crippen LogP contribution >= 0.6 is 0 Å². The van der Waals surface area contributed by atoms with Crippen molar-refractivity contribution in [3.05, 3.63) is 65.2 Å². The van der Waals surface area contributed by atoms with E-state index in [-0.39, 0.29) is 23.7 Å². The van der Waals surface area contributed by atoms with Crippen LogP contribution in [0.15, 0.2) is 48.5 Å². The molecule has 2 aromatic carbocycles. The van der Waals surface area contributed by atoms with Crippen molar-refractivity contribution in [2.24, 2.45) is 11.8 Å². The quantitative estimate of drug-likeness (QED) is 0.724. The number of hydrogen-bond donors (Lipinski definition) is 2. The molecule has 2 amide bonds. The van der Waals surface area contributed by atoms with Crippen molar-refractivity contribution in [1.29, 1.82) is 0 Å². The van der Waals surface area contributed by atoms with E-state index in [0.717, 1.165) is 12.1 Å². The van der Waals surface area contributed by atoms with Gasteiger partial charge < -0.3 is 10.6 Å². The van der Waals surface area contributed by atoms with Gasteiger partial charge in [-0.15, -0.1) is 0 Å². The molecule has 0 saturated heterocycles. The number of benzene rings is 2. The Bertz CT molecular complexity index is 892. The molecule has 4 nitrogen and oxygen atoms in total. The lowest BCUT2D eigenvalue weighted by Gasteiger charge is -2.12. The number of alkyl halides is 3. The summed E-state index contributed by atoms with van der Waals surface area (Å²) in [5.41, 5.74) is 0.815. The SMILES string of the molecule is CC(C)CNC(=O)c1ccccc1NC(=O)C1CC1c1ccc(C(F)(F)F)cc1. The third kappa shape index (κ3) is 5.16. The minimum absolute atomic E-state index is 0.112. The summed E-state index contributed by atoms with van der Waals surface area (Å²) < 4.78 is 38.1. The lowest BCUT2D eigenvalue weighted by Crippen LogP contribution is -2.28. The Morgan fingerprint density at radius 3 is 2.34 bits per heavy atom. The molecule has 0 spiro atoms. The fourth-order valence-corrected chi connectivity index (χ4v) is 3.18. The van der Waals surface area contributed by atoms with E-state index in [1.165, 1.54) is 12.1 Å². The number of hydrogen-bond acceptors (Lipinski definition) is 2. The van der Waals surface area contributed by atoms with E-state index in [2.05, 4.69) is 10.6 Å². The maximum Gasteiger partial charge on any atom is 0.416 e. The van der Waals surface area contributed by atoms with Gasteiger partial charge in [-0.05, 0) is 48.1 Å². The predicted molar refractivity (Wildman–Crippen MR) is 105 cm³/mol. The van der Waals surface area contributed by atoms with E-state index < -0.39 is 11.7 Å². The normalized spacial score (nSPS) is 18.4. The van der Waals surface area contributed by atoms with Crippen molar-refractivity contribution in [2.75, 3.05) is 11.9 Å². The van der Waals surface area contributed by atoms with Gasteiger partial charge in [0.2, 0.25) is 5.91 Å². The molecular formula is C22H23F3N2O2. The van der Waals surface area contributed by atoms with Crippen LogP contribution in [-0.2, 0) is 11.0 Å². The average molecular weight is 404 g/mol. The van der Waals surface area contributed by atoms with Crippen molar-refractivity contribution in [3.63, 3.8) is 0 Å². The van der Waals surface area contributed by atoms with E-state index in [1.54, 1.807) is 24.3 Å². The van der Waals surface area contributed by atoms with Gasteiger partial charge in [-0.2, -0.15) is 13.2 Å². The molecule has 1 aliphatic carbocycles. The molecule has 1 aliphatic rings. The highest BCUT2D eigenvalue weighted by Gasteiger charge is 2.44. The van der Waals surface area contributed by atoms with Gasteiger partial charge in [-0.25, -0.2) is 0 Å². The van der Waals surface area contributed by atoms with Crippen LogP contribution in [0.2, 0.25) is 0 Å². The molecule has 1 fully saturated rings. The summed E-state index contributed by atoms with van der Waals surface area (Å²) in [4.78, 5) is 25.0. The van der Waals surface area contributed by atoms with Gasteiger partial charge in [0.25, 0.3) is 5.91 Å². The molecule has 2 N–H and O–H groups in total. The molecule has 3 rings (SSSR count). The summed E-state index contributed by atoms with van der Waals surface area (Å²) in [5, 5.41) is 5.62. The molecule has 2 aromatic rings. The summed E-state index contributed by atoms with van der Waals surface area (Å²) in [5.74, 6) is -0.627. The van der Waals surface area contributed by atoms with E-state index in [1.807, 2.05) is 13.8 Å². The Kier molecular flexibility index (Phi) is 5.96. The molecule has 154 valence electrons. The standard InChI is InChI=1S/C22H23F3N2O2/c1-13(2)12-26-20(28)16-5-3-4-6-19(16)27-21(29)18-11-17(18)14-7-9-15(10-8-14)22(23,24)25/h3-10,13,17-18H,11-12H2,1-2H3,(H,26,28)(H,27,29).